The Labute approximate surface area is 94.5 Å². The van der Waals surface area contributed by atoms with Gasteiger partial charge in [-0.3, -0.25) is 0 Å². The Bertz CT molecular complexity index is 364. The number of hydrogen-bond acceptors (Lipinski definition) is 0. The van der Waals surface area contributed by atoms with E-state index in [-0.39, 0.29) is 5.92 Å². The average Bonchev–Trinajstić information content (AvgIpc) is 2.15. The molecule has 0 spiro atoms. The Morgan fingerprint density at radius 3 is 2.00 bits per heavy atom. The molecule has 0 bridgehead atoms. The summed E-state index contributed by atoms with van der Waals surface area (Å²) in [5.41, 5.74) is 1.16. The van der Waals surface area contributed by atoms with Gasteiger partial charge < -0.3 is 0 Å². The summed E-state index contributed by atoms with van der Waals surface area (Å²) in [4.78, 5) is 0. The van der Waals surface area contributed by atoms with Crippen molar-refractivity contribution in [1.29, 1.82) is 0 Å². The molecule has 1 atom stereocenters. The summed E-state index contributed by atoms with van der Waals surface area (Å²) < 4.78 is 37.4. The molecule has 0 aromatic heterocycles. The lowest BCUT2D eigenvalue weighted by Gasteiger charge is -2.19. The summed E-state index contributed by atoms with van der Waals surface area (Å²) >= 11 is 0. The van der Waals surface area contributed by atoms with Crippen LogP contribution in [-0.2, 0) is 6.18 Å². The Morgan fingerprint density at radius 2 is 1.62 bits per heavy atom. The van der Waals surface area contributed by atoms with Crippen LogP contribution in [0.5, 0.6) is 0 Å². The molecule has 0 aliphatic heterocycles. The highest BCUT2D eigenvalue weighted by molar-refractivity contribution is 5.34. The number of benzene rings is 1. The van der Waals surface area contributed by atoms with E-state index in [0.29, 0.717) is 5.92 Å². The third-order valence-electron chi connectivity index (χ3n) is 3.09. The van der Waals surface area contributed by atoms with Crippen molar-refractivity contribution in [2.24, 2.45) is 5.92 Å². The molecule has 0 N–H and O–H groups in total. The maximum absolute atomic E-state index is 12.5. The van der Waals surface area contributed by atoms with Crippen LogP contribution in [-0.4, -0.2) is 0 Å². The minimum absolute atomic E-state index is 0.280. The molecule has 0 amide bonds. The normalized spacial score (nSPS) is 14.2. The van der Waals surface area contributed by atoms with Crippen molar-refractivity contribution in [3.8, 4) is 0 Å². The summed E-state index contributed by atoms with van der Waals surface area (Å²) in [5.74, 6) is 0.706. The summed E-state index contributed by atoms with van der Waals surface area (Å²) in [6.07, 6.45) is -4.25. The van der Waals surface area contributed by atoms with Gasteiger partial charge in [0.15, 0.2) is 0 Å². The molecule has 0 aliphatic rings. The van der Waals surface area contributed by atoms with Gasteiger partial charge in [-0.1, -0.05) is 26.8 Å². The molecule has 90 valence electrons. The van der Waals surface area contributed by atoms with Crippen molar-refractivity contribution in [3.05, 3.63) is 34.9 Å². The fourth-order valence-corrected chi connectivity index (χ4v) is 1.72. The van der Waals surface area contributed by atoms with Crippen molar-refractivity contribution < 1.29 is 13.2 Å². The van der Waals surface area contributed by atoms with Gasteiger partial charge in [0, 0.05) is 0 Å². The van der Waals surface area contributed by atoms with Gasteiger partial charge in [0.05, 0.1) is 5.56 Å². The molecule has 0 aliphatic carbocycles. The Morgan fingerprint density at radius 1 is 1.06 bits per heavy atom. The second-order valence-electron chi connectivity index (χ2n) is 4.60. The molecule has 0 saturated heterocycles. The van der Waals surface area contributed by atoms with Crippen LogP contribution in [0.2, 0.25) is 0 Å². The lowest BCUT2D eigenvalue weighted by atomic mass is 9.87. The van der Waals surface area contributed by atoms with E-state index in [4.69, 9.17) is 0 Å². The van der Waals surface area contributed by atoms with Crippen molar-refractivity contribution in [2.75, 3.05) is 0 Å². The first-order valence-corrected chi connectivity index (χ1v) is 5.41. The van der Waals surface area contributed by atoms with E-state index in [2.05, 4.69) is 13.8 Å². The molecular weight excluding hydrogens is 213 g/mol. The zero-order valence-electron chi connectivity index (χ0n) is 10.0. The van der Waals surface area contributed by atoms with E-state index >= 15 is 0 Å². The molecule has 1 unspecified atom stereocenters. The smallest absolute Gasteiger partial charge is 0.166 e. The summed E-state index contributed by atoms with van der Waals surface area (Å²) in [7, 11) is 0. The Balaban J connectivity index is 3.10. The molecule has 0 nitrogen and oxygen atoms in total. The third kappa shape index (κ3) is 2.77. The standard InChI is InChI=1S/C13H17F3/c1-8(2)10(4)12-6-5-11(7-9(12)3)13(14,15)16/h5-8,10H,1-4H3. The molecule has 16 heavy (non-hydrogen) atoms. The average molecular weight is 230 g/mol. The Kier molecular flexibility index (Phi) is 3.66. The van der Waals surface area contributed by atoms with E-state index in [1.165, 1.54) is 12.1 Å². The molecule has 0 fully saturated rings. The number of rotatable bonds is 2. The van der Waals surface area contributed by atoms with Crippen LogP contribution in [0.4, 0.5) is 13.2 Å². The van der Waals surface area contributed by atoms with Crippen LogP contribution in [0.1, 0.15) is 43.4 Å². The highest BCUT2D eigenvalue weighted by Gasteiger charge is 2.30. The molecule has 0 heterocycles. The minimum atomic E-state index is -4.25. The van der Waals surface area contributed by atoms with Crippen molar-refractivity contribution in [3.63, 3.8) is 0 Å². The van der Waals surface area contributed by atoms with Gasteiger partial charge >= 0.3 is 6.18 Å². The molecular formula is C13H17F3. The quantitative estimate of drug-likeness (QED) is 0.686. The molecule has 1 aromatic carbocycles. The van der Waals surface area contributed by atoms with Gasteiger partial charge in [0.1, 0.15) is 0 Å². The van der Waals surface area contributed by atoms with Gasteiger partial charge in [0.25, 0.3) is 0 Å². The zero-order valence-corrected chi connectivity index (χ0v) is 10.0. The largest absolute Gasteiger partial charge is 0.416 e. The highest BCUT2D eigenvalue weighted by atomic mass is 19.4. The molecule has 1 rings (SSSR count). The van der Waals surface area contributed by atoms with Gasteiger partial charge in [-0.2, -0.15) is 13.2 Å². The summed E-state index contributed by atoms with van der Waals surface area (Å²) in [5, 5.41) is 0. The SMILES string of the molecule is Cc1cc(C(F)(F)F)ccc1C(C)C(C)C. The maximum atomic E-state index is 12.5. The molecule has 3 heteroatoms. The van der Waals surface area contributed by atoms with Crippen LogP contribution in [0.15, 0.2) is 18.2 Å². The van der Waals surface area contributed by atoms with E-state index in [9.17, 15) is 13.2 Å². The third-order valence-corrected chi connectivity index (χ3v) is 3.09. The number of aryl methyl sites for hydroxylation is 1. The van der Waals surface area contributed by atoms with Crippen LogP contribution >= 0.6 is 0 Å². The number of halogens is 3. The fraction of sp³-hybridized carbons (Fsp3) is 0.538. The van der Waals surface area contributed by atoms with E-state index < -0.39 is 11.7 Å². The molecule has 1 aromatic rings. The first-order chi connectivity index (χ1) is 7.23. The predicted octanol–water partition coefficient (Wildman–Crippen LogP) is 4.77. The highest BCUT2D eigenvalue weighted by Crippen LogP contribution is 2.33. The van der Waals surface area contributed by atoms with Gasteiger partial charge in [0.2, 0.25) is 0 Å². The van der Waals surface area contributed by atoms with Crippen LogP contribution in [0.3, 0.4) is 0 Å². The topological polar surface area (TPSA) is 0 Å². The first-order valence-electron chi connectivity index (χ1n) is 5.41. The predicted molar refractivity (Wildman–Crippen MR) is 59.4 cm³/mol. The molecule has 0 saturated carbocycles. The lowest BCUT2D eigenvalue weighted by Crippen LogP contribution is -2.08. The van der Waals surface area contributed by atoms with Gasteiger partial charge in [-0.05, 0) is 42.0 Å². The monoisotopic (exact) mass is 230 g/mol. The van der Waals surface area contributed by atoms with Crippen molar-refractivity contribution in [1.82, 2.24) is 0 Å². The van der Waals surface area contributed by atoms with Crippen LogP contribution in [0.25, 0.3) is 0 Å². The molecule has 0 radical (unpaired) electrons. The maximum Gasteiger partial charge on any atom is 0.416 e. The van der Waals surface area contributed by atoms with Crippen molar-refractivity contribution >= 4 is 0 Å². The number of alkyl halides is 3. The summed E-state index contributed by atoms with van der Waals surface area (Å²) in [6, 6.07) is 4.00. The van der Waals surface area contributed by atoms with Gasteiger partial charge in [-0.15, -0.1) is 0 Å². The Hall–Kier alpha value is -0.990. The minimum Gasteiger partial charge on any atom is -0.166 e. The van der Waals surface area contributed by atoms with E-state index in [1.807, 2.05) is 6.92 Å². The zero-order chi connectivity index (χ0) is 12.5. The van der Waals surface area contributed by atoms with Crippen LogP contribution < -0.4 is 0 Å². The summed E-state index contributed by atoms with van der Waals surface area (Å²) in [6.45, 7) is 7.92. The van der Waals surface area contributed by atoms with Gasteiger partial charge in [-0.25, -0.2) is 0 Å². The van der Waals surface area contributed by atoms with E-state index in [1.54, 1.807) is 13.0 Å². The fourth-order valence-electron chi connectivity index (χ4n) is 1.72. The second-order valence-corrected chi connectivity index (χ2v) is 4.60. The van der Waals surface area contributed by atoms with Crippen molar-refractivity contribution in [2.45, 2.75) is 39.8 Å². The van der Waals surface area contributed by atoms with E-state index in [0.717, 1.165) is 11.1 Å². The second kappa shape index (κ2) is 4.48. The first kappa shape index (κ1) is 13.1. The van der Waals surface area contributed by atoms with Crippen LogP contribution in [0, 0.1) is 12.8 Å². The lowest BCUT2D eigenvalue weighted by molar-refractivity contribution is -0.137. The number of hydrogen-bond donors (Lipinski definition) is 0.